The van der Waals surface area contributed by atoms with Crippen molar-refractivity contribution in [1.29, 1.82) is 0 Å². The van der Waals surface area contributed by atoms with Crippen LogP contribution in [-0.4, -0.2) is 44.7 Å². The van der Waals surface area contributed by atoms with Gasteiger partial charge in [-0.25, -0.2) is 9.07 Å². The molecule has 0 aliphatic rings. The van der Waals surface area contributed by atoms with Crippen LogP contribution in [0.4, 0.5) is 0 Å². The normalized spacial score (nSPS) is 10.4. The third kappa shape index (κ3) is 8.43. The third-order valence-electron chi connectivity index (χ3n) is 0.580. The number of hydrogen-bond donors (Lipinski definition) is 0. The zero-order valence-corrected chi connectivity index (χ0v) is 9.09. The van der Waals surface area contributed by atoms with Crippen LogP contribution in [0.2, 0.25) is 0 Å². The van der Waals surface area contributed by atoms with Crippen molar-refractivity contribution in [2.45, 2.75) is 6.92 Å². The summed E-state index contributed by atoms with van der Waals surface area (Å²) in [6, 6.07) is 0. The van der Waals surface area contributed by atoms with Gasteiger partial charge in [-0.1, -0.05) is 10.4 Å². The first kappa shape index (κ1) is 14.8. The van der Waals surface area contributed by atoms with Crippen molar-refractivity contribution in [2.24, 2.45) is 0 Å². The molecule has 0 fully saturated rings. The van der Waals surface area contributed by atoms with E-state index in [-0.39, 0.29) is 39.1 Å². The monoisotopic (exact) mass is 208 g/mol. The van der Waals surface area contributed by atoms with Crippen molar-refractivity contribution in [3.8, 4) is 0 Å². The van der Waals surface area contributed by atoms with Gasteiger partial charge in [-0.15, -0.1) is 6.58 Å². The smallest absolute Gasteiger partial charge is 1.00 e. The summed E-state index contributed by atoms with van der Waals surface area (Å²) in [6.07, 6.45) is 1.28. The van der Waals surface area contributed by atoms with Crippen molar-refractivity contribution in [3.63, 3.8) is 0 Å². The molecule has 0 bridgehead atoms. The van der Waals surface area contributed by atoms with Gasteiger partial charge in [0.1, 0.15) is 0 Å². The fraction of sp³-hybridized carbons (Fsp3) is 0.600. The van der Waals surface area contributed by atoms with E-state index in [0.29, 0.717) is 0 Å². The van der Waals surface area contributed by atoms with Crippen molar-refractivity contribution in [2.75, 3.05) is 13.2 Å². The molecule has 0 aliphatic heterocycles. The van der Waals surface area contributed by atoms with Crippen LogP contribution in [0, 0.1) is 0 Å². The first-order valence-electron chi connectivity index (χ1n) is 2.93. The molecule has 0 spiro atoms. The van der Waals surface area contributed by atoms with Crippen LogP contribution in [0.15, 0.2) is 12.7 Å². The predicted octanol–water partition coefficient (Wildman–Crippen LogP) is 0.246. The third-order valence-corrected chi connectivity index (χ3v) is 1.27. The average Bonchev–Trinajstić information content (AvgIpc) is 1.97. The molecule has 0 radical (unpaired) electrons. The molecule has 0 rings (SSSR count). The molecule has 0 amide bonds. The first-order valence-corrected chi connectivity index (χ1v) is 4.27. The van der Waals surface area contributed by atoms with Gasteiger partial charge in [-0.3, -0.25) is 0 Å². The van der Waals surface area contributed by atoms with Crippen LogP contribution >= 0.6 is 0 Å². The van der Waals surface area contributed by atoms with Gasteiger partial charge in [0.15, 0.2) is 0 Å². The number of hydrogen-bond acceptors (Lipinski definition) is 5. The SMILES string of the molecule is C=CCOS(=O)(=O)OOCC.[H-].[H-].[Mg+2]. The van der Waals surface area contributed by atoms with Crippen LogP contribution in [0.25, 0.3) is 0 Å². The summed E-state index contributed by atoms with van der Waals surface area (Å²) in [5.41, 5.74) is 0. The summed E-state index contributed by atoms with van der Waals surface area (Å²) < 4.78 is 29.1. The Balaban J connectivity index is -0.000000167. The molecule has 0 saturated heterocycles. The quantitative estimate of drug-likeness (QED) is 0.271. The van der Waals surface area contributed by atoms with Crippen molar-refractivity contribution in [1.82, 2.24) is 0 Å². The molecule has 0 heterocycles. The van der Waals surface area contributed by atoms with Gasteiger partial charge in [0.05, 0.1) is 13.2 Å². The van der Waals surface area contributed by atoms with Crippen molar-refractivity contribution in [3.05, 3.63) is 12.7 Å². The molecule has 0 N–H and O–H groups in total. The minimum absolute atomic E-state index is 0. The van der Waals surface area contributed by atoms with Crippen LogP contribution in [0.1, 0.15) is 9.78 Å². The van der Waals surface area contributed by atoms with Crippen molar-refractivity contribution >= 4 is 33.5 Å². The minimum Gasteiger partial charge on any atom is -1.00 e. The summed E-state index contributed by atoms with van der Waals surface area (Å²) in [5.74, 6) is 0. The van der Waals surface area contributed by atoms with Crippen LogP contribution in [0.3, 0.4) is 0 Å². The van der Waals surface area contributed by atoms with Gasteiger partial charge >= 0.3 is 33.5 Å². The minimum atomic E-state index is -4.00. The van der Waals surface area contributed by atoms with Gasteiger partial charge in [0.25, 0.3) is 0 Å². The van der Waals surface area contributed by atoms with Crippen LogP contribution in [-0.2, 0) is 23.8 Å². The van der Waals surface area contributed by atoms with Crippen LogP contribution < -0.4 is 0 Å². The van der Waals surface area contributed by atoms with E-state index >= 15 is 0 Å². The molecule has 12 heavy (non-hydrogen) atoms. The maximum absolute atomic E-state index is 10.5. The molecular weight excluding hydrogens is 196 g/mol. The van der Waals surface area contributed by atoms with E-state index in [1.807, 2.05) is 0 Å². The number of rotatable bonds is 6. The zero-order valence-electron chi connectivity index (χ0n) is 8.86. The maximum atomic E-state index is 10.5. The topological polar surface area (TPSA) is 61.8 Å². The Morgan fingerprint density at radius 2 is 2.17 bits per heavy atom. The van der Waals surface area contributed by atoms with E-state index in [4.69, 9.17) is 0 Å². The summed E-state index contributed by atoms with van der Waals surface area (Å²) in [7, 11) is -4.00. The second-order valence-corrected chi connectivity index (χ2v) is 2.64. The molecule has 0 aromatic heterocycles. The Morgan fingerprint density at radius 1 is 1.58 bits per heavy atom. The second-order valence-electron chi connectivity index (χ2n) is 1.46. The fourth-order valence-electron chi connectivity index (χ4n) is 0.258. The Kier molecular flexibility index (Phi) is 9.84. The Hall–Kier alpha value is 0.336. The molecule has 0 unspecified atom stereocenters. The molecule has 0 aromatic rings. The second kappa shape index (κ2) is 7.96. The maximum Gasteiger partial charge on any atom is 2.00 e. The van der Waals surface area contributed by atoms with Gasteiger partial charge < -0.3 is 2.85 Å². The predicted molar refractivity (Wildman–Crippen MR) is 45.8 cm³/mol. The summed E-state index contributed by atoms with van der Waals surface area (Å²) >= 11 is 0. The van der Waals surface area contributed by atoms with Gasteiger partial charge in [0, 0.05) is 0 Å². The van der Waals surface area contributed by atoms with Crippen LogP contribution in [0.5, 0.6) is 0 Å². The molecule has 0 aromatic carbocycles. The van der Waals surface area contributed by atoms with Crippen molar-refractivity contribution < 1.29 is 24.7 Å². The fourth-order valence-corrected chi connectivity index (χ4v) is 0.774. The molecule has 0 aliphatic carbocycles. The van der Waals surface area contributed by atoms with E-state index < -0.39 is 10.4 Å². The molecule has 0 saturated carbocycles. The molecule has 7 heteroatoms. The van der Waals surface area contributed by atoms with Gasteiger partial charge in [-0.2, -0.15) is 8.42 Å². The molecule has 0 atom stereocenters. The standard InChI is InChI=1S/C5H10O5S.Mg.2H/c1-3-5-9-11(6,7)10-8-4-2;;;/h3H,1,4-5H2,2H3;;;/q;+2;2*-1. The Morgan fingerprint density at radius 3 is 2.58 bits per heavy atom. The van der Waals surface area contributed by atoms with Gasteiger partial charge in [0.2, 0.25) is 0 Å². The largest absolute Gasteiger partial charge is 2.00 e. The Bertz CT molecular complexity index is 208. The summed E-state index contributed by atoms with van der Waals surface area (Å²) in [5, 5.41) is 0. The Labute approximate surface area is 91.1 Å². The first-order chi connectivity index (χ1) is 5.12. The van der Waals surface area contributed by atoms with E-state index in [1.54, 1.807) is 6.92 Å². The zero-order chi connectivity index (χ0) is 8.74. The summed E-state index contributed by atoms with van der Waals surface area (Å²) in [6.45, 7) is 4.85. The average molecular weight is 209 g/mol. The summed E-state index contributed by atoms with van der Waals surface area (Å²) in [4.78, 5) is 4.15. The van der Waals surface area contributed by atoms with E-state index in [0.717, 1.165) is 0 Å². The van der Waals surface area contributed by atoms with E-state index in [2.05, 4.69) is 20.0 Å². The molecule has 5 nitrogen and oxygen atoms in total. The van der Waals surface area contributed by atoms with Gasteiger partial charge in [-0.05, 0) is 6.92 Å². The van der Waals surface area contributed by atoms with E-state index in [9.17, 15) is 8.42 Å². The van der Waals surface area contributed by atoms with E-state index in [1.165, 1.54) is 6.08 Å². The molecule has 70 valence electrons. The molecular formula is C5H12MgO5S.